The van der Waals surface area contributed by atoms with Crippen LogP contribution >= 0.6 is 0 Å². The van der Waals surface area contributed by atoms with Crippen LogP contribution in [0.15, 0.2) is 23.4 Å². The Bertz CT molecular complexity index is 333. The Kier molecular flexibility index (Phi) is 2.42. The molecule has 0 saturated heterocycles. The Labute approximate surface area is 68.2 Å². The summed E-state index contributed by atoms with van der Waals surface area (Å²) in [6, 6.07) is 4.08. The number of carbonyl (C=O) groups excluding carboxylic acids is 2. The van der Waals surface area contributed by atoms with E-state index in [1.807, 2.05) is 0 Å². The maximum atomic E-state index is 10.3. The molecule has 0 radical (unpaired) electrons. The minimum atomic E-state index is 0.0515. The maximum absolute atomic E-state index is 10.3. The normalized spacial score (nSPS) is 9.00. The van der Waals surface area contributed by atoms with Crippen molar-refractivity contribution >= 4 is 18.3 Å². The first kappa shape index (κ1) is 8.26. The molecule has 0 N–H and O–H groups in total. The molecule has 0 atom stereocenters. The molecule has 0 aromatic heterocycles. The van der Waals surface area contributed by atoms with E-state index < -0.39 is 0 Å². The molecule has 0 unspecified atom stereocenters. The van der Waals surface area contributed by atoms with Crippen molar-refractivity contribution in [2.75, 3.05) is 0 Å². The Morgan fingerprint density at radius 1 is 1.17 bits per heavy atom. The van der Waals surface area contributed by atoms with Crippen LogP contribution in [0.1, 0.15) is 20.7 Å². The lowest BCUT2D eigenvalue weighted by atomic mass is 10.1. The Morgan fingerprint density at radius 3 is 2.42 bits per heavy atom. The highest BCUT2D eigenvalue weighted by Crippen LogP contribution is 2.17. The van der Waals surface area contributed by atoms with Crippen LogP contribution in [0.2, 0.25) is 0 Å². The average molecular weight is 163 g/mol. The van der Waals surface area contributed by atoms with Crippen LogP contribution in [-0.4, -0.2) is 12.6 Å². The summed E-state index contributed by atoms with van der Waals surface area (Å²) in [5, 5.41) is 2.62. The van der Waals surface area contributed by atoms with E-state index in [1.54, 1.807) is 0 Å². The van der Waals surface area contributed by atoms with Gasteiger partial charge in [0, 0.05) is 11.1 Å². The molecule has 1 aromatic rings. The van der Waals surface area contributed by atoms with Gasteiger partial charge in [-0.05, 0) is 23.4 Å². The van der Waals surface area contributed by atoms with Crippen molar-refractivity contribution in [3.8, 4) is 0 Å². The molecule has 0 aliphatic heterocycles. The zero-order chi connectivity index (χ0) is 8.97. The molecule has 0 aliphatic carbocycles. The van der Waals surface area contributed by atoms with E-state index in [0.717, 1.165) is 0 Å². The van der Waals surface area contributed by atoms with Crippen molar-refractivity contribution < 1.29 is 9.59 Å². The summed E-state index contributed by atoms with van der Waals surface area (Å²) in [4.78, 5) is 30.7. The van der Waals surface area contributed by atoms with E-state index in [-0.39, 0.29) is 11.3 Å². The van der Waals surface area contributed by atoms with E-state index in [9.17, 15) is 14.5 Å². The Morgan fingerprint density at radius 2 is 1.92 bits per heavy atom. The molecule has 0 fully saturated rings. The summed E-state index contributed by atoms with van der Waals surface area (Å²) in [6.07, 6.45) is 1.09. The maximum Gasteiger partial charge on any atom is 0.152 e. The minimum Gasteiger partial charge on any atom is -0.298 e. The Hall–Kier alpha value is -1.84. The smallest absolute Gasteiger partial charge is 0.152 e. The molecule has 0 aliphatic rings. The molecule has 0 heterocycles. The van der Waals surface area contributed by atoms with Crippen molar-refractivity contribution in [1.82, 2.24) is 0 Å². The first-order valence-corrected chi connectivity index (χ1v) is 3.19. The zero-order valence-electron chi connectivity index (χ0n) is 6.06. The standard InChI is InChI=1S/C8H5NO3/c10-4-6-1-2-8(9-12)7(3-6)5-11/h1-5H. The molecular weight excluding hydrogens is 158 g/mol. The lowest BCUT2D eigenvalue weighted by Gasteiger charge is -1.94. The topological polar surface area (TPSA) is 63.6 Å². The number of hydrogen-bond acceptors (Lipinski definition) is 4. The van der Waals surface area contributed by atoms with Gasteiger partial charge in [0.05, 0.1) is 0 Å². The van der Waals surface area contributed by atoms with Gasteiger partial charge in [0.2, 0.25) is 0 Å². The molecule has 0 spiro atoms. The predicted octanol–water partition coefficient (Wildman–Crippen LogP) is 1.71. The average Bonchev–Trinajstić information content (AvgIpc) is 2.16. The monoisotopic (exact) mass is 163 g/mol. The van der Waals surface area contributed by atoms with Crippen LogP contribution in [0.3, 0.4) is 0 Å². The molecule has 1 rings (SSSR count). The number of hydrogen-bond donors (Lipinski definition) is 0. The Balaban J connectivity index is 3.27. The van der Waals surface area contributed by atoms with Gasteiger partial charge >= 0.3 is 0 Å². The fourth-order valence-electron chi connectivity index (χ4n) is 0.824. The summed E-state index contributed by atoms with van der Waals surface area (Å²) >= 11 is 0. The highest BCUT2D eigenvalue weighted by Gasteiger charge is 2.01. The van der Waals surface area contributed by atoms with Crippen LogP contribution in [0.25, 0.3) is 0 Å². The first-order chi connectivity index (χ1) is 5.81. The minimum absolute atomic E-state index is 0.0515. The van der Waals surface area contributed by atoms with Gasteiger partial charge in [0.1, 0.15) is 12.0 Å². The molecule has 4 nitrogen and oxygen atoms in total. The van der Waals surface area contributed by atoms with Gasteiger partial charge in [-0.15, -0.1) is 4.91 Å². The molecule has 4 heteroatoms. The van der Waals surface area contributed by atoms with Crippen LogP contribution < -0.4 is 0 Å². The highest BCUT2D eigenvalue weighted by molar-refractivity contribution is 5.87. The van der Waals surface area contributed by atoms with Crippen molar-refractivity contribution in [2.45, 2.75) is 0 Å². The second-order valence-corrected chi connectivity index (χ2v) is 2.15. The lowest BCUT2D eigenvalue weighted by Crippen LogP contribution is -1.85. The third kappa shape index (κ3) is 1.42. The first-order valence-electron chi connectivity index (χ1n) is 3.19. The predicted molar refractivity (Wildman–Crippen MR) is 42.7 cm³/mol. The van der Waals surface area contributed by atoms with Gasteiger partial charge in [-0.3, -0.25) is 9.59 Å². The molecule has 0 saturated carbocycles. The van der Waals surface area contributed by atoms with Gasteiger partial charge in [-0.2, -0.15) is 0 Å². The van der Waals surface area contributed by atoms with Crippen LogP contribution in [-0.2, 0) is 0 Å². The molecular formula is C8H5NO3. The number of nitroso groups, excluding NO2 is 1. The molecule has 12 heavy (non-hydrogen) atoms. The SMILES string of the molecule is O=Cc1ccc(N=O)c(C=O)c1. The number of rotatable bonds is 3. The van der Waals surface area contributed by atoms with Crippen LogP contribution in [0.4, 0.5) is 5.69 Å². The lowest BCUT2D eigenvalue weighted by molar-refractivity contribution is 0.112. The van der Waals surface area contributed by atoms with E-state index >= 15 is 0 Å². The summed E-state index contributed by atoms with van der Waals surface area (Å²) in [6.45, 7) is 0. The van der Waals surface area contributed by atoms with Gasteiger partial charge < -0.3 is 0 Å². The fraction of sp³-hybridized carbons (Fsp3) is 0. The van der Waals surface area contributed by atoms with E-state index in [1.165, 1.54) is 18.2 Å². The highest BCUT2D eigenvalue weighted by atomic mass is 16.3. The second-order valence-electron chi connectivity index (χ2n) is 2.15. The third-order valence-electron chi connectivity index (χ3n) is 1.41. The zero-order valence-corrected chi connectivity index (χ0v) is 6.06. The van der Waals surface area contributed by atoms with Gasteiger partial charge in [0.15, 0.2) is 6.29 Å². The van der Waals surface area contributed by atoms with Crippen LogP contribution in [0.5, 0.6) is 0 Å². The van der Waals surface area contributed by atoms with Crippen LogP contribution in [0, 0.1) is 4.91 Å². The molecule has 0 amide bonds. The number of nitrogens with zero attached hydrogens (tertiary/aromatic N) is 1. The molecule has 60 valence electrons. The quantitative estimate of drug-likeness (QED) is 0.503. The van der Waals surface area contributed by atoms with E-state index in [0.29, 0.717) is 18.1 Å². The van der Waals surface area contributed by atoms with Gasteiger partial charge in [-0.25, -0.2) is 0 Å². The summed E-state index contributed by atoms with van der Waals surface area (Å²) in [5.41, 5.74) is 0.537. The summed E-state index contributed by atoms with van der Waals surface area (Å²) in [7, 11) is 0. The van der Waals surface area contributed by atoms with Crippen molar-refractivity contribution in [2.24, 2.45) is 5.18 Å². The van der Waals surface area contributed by atoms with E-state index in [2.05, 4.69) is 5.18 Å². The van der Waals surface area contributed by atoms with E-state index in [4.69, 9.17) is 0 Å². The van der Waals surface area contributed by atoms with Crippen molar-refractivity contribution in [3.63, 3.8) is 0 Å². The fourth-order valence-corrected chi connectivity index (χ4v) is 0.824. The second kappa shape index (κ2) is 3.52. The number of aldehydes is 2. The van der Waals surface area contributed by atoms with Crippen molar-refractivity contribution in [3.05, 3.63) is 34.2 Å². The largest absolute Gasteiger partial charge is 0.298 e. The summed E-state index contributed by atoms with van der Waals surface area (Å²) in [5.74, 6) is 0. The molecule has 1 aromatic carbocycles. The third-order valence-corrected chi connectivity index (χ3v) is 1.41. The number of benzene rings is 1. The van der Waals surface area contributed by atoms with Crippen molar-refractivity contribution in [1.29, 1.82) is 0 Å². The molecule has 0 bridgehead atoms. The summed E-state index contributed by atoms with van der Waals surface area (Å²) < 4.78 is 0. The van der Waals surface area contributed by atoms with Gasteiger partial charge in [0.25, 0.3) is 0 Å². The number of carbonyl (C=O) groups is 2. The van der Waals surface area contributed by atoms with Gasteiger partial charge in [-0.1, -0.05) is 0 Å².